The third-order valence-corrected chi connectivity index (χ3v) is 2.91. The Bertz CT molecular complexity index is 224. The summed E-state index contributed by atoms with van der Waals surface area (Å²) >= 11 is 0. The van der Waals surface area contributed by atoms with Gasteiger partial charge in [-0.15, -0.1) is 0 Å². The standard InChI is InChI=1S/C10H12O.3C2H6/c1-2-11-6-10-5-9-4-8(9)3-7(1)10;3*1-2/h3,5,8-9H,1-2,4,6H2;3*1-2H3. The minimum absolute atomic E-state index is 0.870. The second kappa shape index (κ2) is 9.47. The molecule has 2 atom stereocenters. The van der Waals surface area contributed by atoms with Crippen molar-refractivity contribution in [3.8, 4) is 0 Å². The summed E-state index contributed by atoms with van der Waals surface area (Å²) in [6.07, 6.45) is 7.45. The minimum atomic E-state index is 0.870. The molecule has 1 heterocycles. The normalized spacial score (nSPS) is 26.9. The van der Waals surface area contributed by atoms with Gasteiger partial charge in [0.2, 0.25) is 0 Å². The fourth-order valence-electron chi connectivity index (χ4n) is 2.10. The van der Waals surface area contributed by atoms with Gasteiger partial charge in [-0.05, 0) is 35.8 Å². The van der Waals surface area contributed by atoms with Gasteiger partial charge in [0.25, 0.3) is 0 Å². The molecule has 1 heteroatoms. The van der Waals surface area contributed by atoms with Gasteiger partial charge in [-0.3, -0.25) is 0 Å². The van der Waals surface area contributed by atoms with E-state index in [1.165, 1.54) is 12.0 Å². The van der Waals surface area contributed by atoms with Crippen LogP contribution in [0.1, 0.15) is 54.4 Å². The van der Waals surface area contributed by atoms with Gasteiger partial charge < -0.3 is 4.74 Å². The van der Waals surface area contributed by atoms with Crippen molar-refractivity contribution in [2.24, 2.45) is 11.8 Å². The van der Waals surface area contributed by atoms with Crippen LogP contribution >= 0.6 is 0 Å². The summed E-state index contributed by atoms with van der Waals surface area (Å²) in [5.74, 6) is 1.79. The molecule has 1 aliphatic heterocycles. The predicted octanol–water partition coefficient (Wildman–Crippen LogP) is 4.99. The second-order valence-electron chi connectivity index (χ2n) is 3.75. The largest absolute Gasteiger partial charge is 0.376 e. The molecule has 2 unspecified atom stereocenters. The van der Waals surface area contributed by atoms with E-state index >= 15 is 0 Å². The fourth-order valence-corrected chi connectivity index (χ4v) is 2.10. The molecule has 17 heavy (non-hydrogen) atoms. The maximum atomic E-state index is 5.40. The van der Waals surface area contributed by atoms with E-state index < -0.39 is 0 Å². The van der Waals surface area contributed by atoms with Gasteiger partial charge in [0.15, 0.2) is 0 Å². The fraction of sp³-hybridized carbons (Fsp3) is 0.750. The molecule has 0 aromatic heterocycles. The molecule has 0 aromatic rings. The molecule has 2 aliphatic carbocycles. The Morgan fingerprint density at radius 2 is 1.41 bits per heavy atom. The third kappa shape index (κ3) is 4.67. The van der Waals surface area contributed by atoms with E-state index in [0.717, 1.165) is 31.5 Å². The number of fused-ring (bicyclic) bond motifs is 2. The van der Waals surface area contributed by atoms with Gasteiger partial charge in [0.1, 0.15) is 0 Å². The van der Waals surface area contributed by atoms with Crippen molar-refractivity contribution in [3.63, 3.8) is 0 Å². The van der Waals surface area contributed by atoms with Gasteiger partial charge >= 0.3 is 0 Å². The molecule has 0 bridgehead atoms. The van der Waals surface area contributed by atoms with Crippen LogP contribution in [0.2, 0.25) is 0 Å². The Morgan fingerprint density at radius 3 is 2.00 bits per heavy atom. The van der Waals surface area contributed by atoms with E-state index in [-0.39, 0.29) is 0 Å². The first-order valence-corrected chi connectivity index (χ1v) is 7.43. The van der Waals surface area contributed by atoms with Crippen LogP contribution in [0.15, 0.2) is 23.3 Å². The smallest absolute Gasteiger partial charge is 0.0716 e. The summed E-state index contributed by atoms with van der Waals surface area (Å²) in [4.78, 5) is 0. The number of hydrogen-bond acceptors (Lipinski definition) is 1. The lowest BCUT2D eigenvalue weighted by molar-refractivity contribution is 0.145. The van der Waals surface area contributed by atoms with Gasteiger partial charge in [0, 0.05) is 0 Å². The van der Waals surface area contributed by atoms with Crippen molar-refractivity contribution < 1.29 is 4.74 Å². The third-order valence-electron chi connectivity index (χ3n) is 2.91. The zero-order valence-electron chi connectivity index (χ0n) is 12.5. The Balaban J connectivity index is 0.000000379. The van der Waals surface area contributed by atoms with E-state index in [2.05, 4.69) is 12.2 Å². The summed E-state index contributed by atoms with van der Waals surface area (Å²) in [7, 11) is 0. The zero-order valence-corrected chi connectivity index (χ0v) is 12.5. The van der Waals surface area contributed by atoms with Crippen LogP contribution in [0, 0.1) is 11.8 Å². The van der Waals surface area contributed by atoms with Crippen molar-refractivity contribution in [1.29, 1.82) is 0 Å². The molecule has 0 radical (unpaired) electrons. The molecular formula is C16H30O. The highest BCUT2D eigenvalue weighted by Gasteiger charge is 2.37. The molecule has 0 amide bonds. The maximum absolute atomic E-state index is 5.40. The van der Waals surface area contributed by atoms with Crippen molar-refractivity contribution in [2.45, 2.75) is 54.4 Å². The van der Waals surface area contributed by atoms with Crippen molar-refractivity contribution in [2.75, 3.05) is 13.2 Å². The van der Waals surface area contributed by atoms with Crippen LogP contribution in [0.3, 0.4) is 0 Å². The van der Waals surface area contributed by atoms with Crippen LogP contribution in [-0.2, 0) is 4.74 Å². The molecule has 100 valence electrons. The first-order chi connectivity index (χ1) is 8.43. The monoisotopic (exact) mass is 238 g/mol. The van der Waals surface area contributed by atoms with E-state index in [4.69, 9.17) is 4.74 Å². The number of hydrogen-bond donors (Lipinski definition) is 0. The number of ether oxygens (including phenoxy) is 1. The molecule has 1 saturated heterocycles. The van der Waals surface area contributed by atoms with Gasteiger partial charge in [-0.25, -0.2) is 0 Å². The Hall–Kier alpha value is -0.560. The SMILES string of the molecule is C1=C2CCOCC2=CC2CC12.CC.CC.CC. The van der Waals surface area contributed by atoms with Crippen LogP contribution < -0.4 is 0 Å². The molecule has 1 nitrogen and oxygen atoms in total. The molecule has 3 rings (SSSR count). The van der Waals surface area contributed by atoms with Crippen molar-refractivity contribution in [1.82, 2.24) is 0 Å². The van der Waals surface area contributed by atoms with Gasteiger partial charge in [-0.1, -0.05) is 53.7 Å². The lowest BCUT2D eigenvalue weighted by atomic mass is 9.95. The molecule has 0 spiro atoms. The zero-order chi connectivity index (χ0) is 13.3. The quantitative estimate of drug-likeness (QED) is 0.578. The topological polar surface area (TPSA) is 9.23 Å². The van der Waals surface area contributed by atoms with Crippen LogP contribution in [0.5, 0.6) is 0 Å². The predicted molar refractivity (Wildman–Crippen MR) is 77.2 cm³/mol. The van der Waals surface area contributed by atoms with E-state index in [1.807, 2.05) is 41.5 Å². The van der Waals surface area contributed by atoms with Crippen LogP contribution in [0.4, 0.5) is 0 Å². The highest BCUT2D eigenvalue weighted by Crippen LogP contribution is 2.47. The molecule has 0 aromatic carbocycles. The molecule has 2 fully saturated rings. The molecule has 0 N–H and O–H groups in total. The lowest BCUT2D eigenvalue weighted by Gasteiger charge is -2.21. The first-order valence-electron chi connectivity index (χ1n) is 7.43. The summed E-state index contributed by atoms with van der Waals surface area (Å²) in [6.45, 7) is 13.8. The van der Waals surface area contributed by atoms with Gasteiger partial charge in [0.05, 0.1) is 13.2 Å². The lowest BCUT2D eigenvalue weighted by Crippen LogP contribution is -2.13. The highest BCUT2D eigenvalue weighted by atomic mass is 16.5. The minimum Gasteiger partial charge on any atom is -0.376 e. The van der Waals surface area contributed by atoms with Crippen molar-refractivity contribution >= 4 is 0 Å². The maximum Gasteiger partial charge on any atom is 0.0716 e. The number of rotatable bonds is 0. The first kappa shape index (κ1) is 16.4. The van der Waals surface area contributed by atoms with Crippen molar-refractivity contribution in [3.05, 3.63) is 23.3 Å². The van der Waals surface area contributed by atoms with E-state index in [9.17, 15) is 0 Å². The summed E-state index contributed by atoms with van der Waals surface area (Å²) in [5.41, 5.74) is 3.06. The average molecular weight is 238 g/mol. The summed E-state index contributed by atoms with van der Waals surface area (Å²) in [6, 6.07) is 0. The molecule has 3 aliphatic rings. The number of allylic oxidation sites excluding steroid dienone is 2. The molecular weight excluding hydrogens is 208 g/mol. The summed E-state index contributed by atoms with van der Waals surface area (Å²) in [5, 5.41) is 0. The second-order valence-corrected chi connectivity index (χ2v) is 3.75. The van der Waals surface area contributed by atoms with Crippen LogP contribution in [-0.4, -0.2) is 13.2 Å². The Morgan fingerprint density at radius 1 is 0.882 bits per heavy atom. The average Bonchev–Trinajstić information content (AvgIpc) is 3.21. The molecule has 1 saturated carbocycles. The van der Waals surface area contributed by atoms with E-state index in [1.54, 1.807) is 5.57 Å². The highest BCUT2D eigenvalue weighted by molar-refractivity contribution is 5.40. The summed E-state index contributed by atoms with van der Waals surface area (Å²) < 4.78 is 5.40. The van der Waals surface area contributed by atoms with E-state index in [0.29, 0.717) is 0 Å². The van der Waals surface area contributed by atoms with Crippen LogP contribution in [0.25, 0.3) is 0 Å². The van der Waals surface area contributed by atoms with Gasteiger partial charge in [-0.2, -0.15) is 0 Å². The Kier molecular flexibility index (Phi) is 9.16. The Labute approximate surface area is 108 Å².